The first kappa shape index (κ1) is 22.1. The van der Waals surface area contributed by atoms with Gasteiger partial charge in [0.25, 0.3) is 0 Å². The standard InChI is InChI=1S/C28H30N6/c1-20-7-9-22(10-8-20)26-25(21-11-13-23(29-2)14-12-21)31-28(27-30-16-19-34(26)27)33(4)18-15-24-6-5-17-32(24)3/h7-14,16,19,24H,5-6,15,17-18H2,1,3-4H3. The van der Waals surface area contributed by atoms with Crippen LogP contribution < -0.4 is 4.90 Å². The second-order valence-corrected chi connectivity index (χ2v) is 9.27. The Morgan fingerprint density at radius 2 is 1.82 bits per heavy atom. The highest BCUT2D eigenvalue weighted by atomic mass is 15.2. The van der Waals surface area contributed by atoms with Gasteiger partial charge in [-0.1, -0.05) is 54.1 Å². The van der Waals surface area contributed by atoms with Crippen molar-refractivity contribution in [2.45, 2.75) is 32.2 Å². The molecule has 3 heterocycles. The number of likely N-dealkylation sites (tertiary alicyclic amines) is 1. The Labute approximate surface area is 201 Å². The van der Waals surface area contributed by atoms with Gasteiger partial charge in [0.1, 0.15) is 0 Å². The molecule has 1 saturated heterocycles. The Kier molecular flexibility index (Phi) is 6.04. The summed E-state index contributed by atoms with van der Waals surface area (Å²) < 4.78 is 2.16. The van der Waals surface area contributed by atoms with Crippen molar-refractivity contribution in [2.24, 2.45) is 0 Å². The maximum absolute atomic E-state index is 7.31. The minimum absolute atomic E-state index is 0.627. The lowest BCUT2D eigenvalue weighted by molar-refractivity contribution is 0.298. The maximum Gasteiger partial charge on any atom is 0.187 e. The van der Waals surface area contributed by atoms with Crippen LogP contribution in [-0.2, 0) is 0 Å². The van der Waals surface area contributed by atoms with Gasteiger partial charge in [-0.25, -0.2) is 14.8 Å². The monoisotopic (exact) mass is 450 g/mol. The zero-order chi connectivity index (χ0) is 23.7. The summed E-state index contributed by atoms with van der Waals surface area (Å²) in [5.74, 6) is 0.880. The summed E-state index contributed by atoms with van der Waals surface area (Å²) in [6.07, 6.45) is 7.52. The first-order chi connectivity index (χ1) is 16.5. The molecule has 1 aliphatic heterocycles. The summed E-state index contributed by atoms with van der Waals surface area (Å²) in [5, 5.41) is 0. The normalized spacial score (nSPS) is 16.1. The zero-order valence-electron chi connectivity index (χ0n) is 20.1. The summed E-state index contributed by atoms with van der Waals surface area (Å²) in [5.41, 5.74) is 6.69. The number of rotatable bonds is 6. The van der Waals surface area contributed by atoms with Gasteiger partial charge < -0.3 is 9.80 Å². The quantitative estimate of drug-likeness (QED) is 0.346. The van der Waals surface area contributed by atoms with Gasteiger partial charge in [-0.15, -0.1) is 0 Å². The topological polar surface area (TPSA) is 41.0 Å². The fourth-order valence-corrected chi connectivity index (χ4v) is 4.90. The van der Waals surface area contributed by atoms with Gasteiger partial charge in [-0.3, -0.25) is 4.40 Å². The summed E-state index contributed by atoms with van der Waals surface area (Å²) >= 11 is 0. The van der Waals surface area contributed by atoms with Gasteiger partial charge in [0.15, 0.2) is 17.2 Å². The molecule has 6 nitrogen and oxygen atoms in total. The highest BCUT2D eigenvalue weighted by molar-refractivity contribution is 5.84. The van der Waals surface area contributed by atoms with E-state index in [2.05, 4.69) is 64.3 Å². The van der Waals surface area contributed by atoms with E-state index in [1.54, 1.807) is 0 Å². The van der Waals surface area contributed by atoms with Gasteiger partial charge in [0.2, 0.25) is 0 Å². The number of fused-ring (bicyclic) bond motifs is 1. The lowest BCUT2D eigenvalue weighted by atomic mass is 10.0. The van der Waals surface area contributed by atoms with Crippen molar-refractivity contribution in [1.82, 2.24) is 19.3 Å². The molecule has 0 spiro atoms. The second-order valence-electron chi connectivity index (χ2n) is 9.27. The highest BCUT2D eigenvalue weighted by Gasteiger charge is 2.23. The van der Waals surface area contributed by atoms with E-state index in [9.17, 15) is 0 Å². The Bertz CT molecular complexity index is 1330. The largest absolute Gasteiger partial charge is 0.357 e. The molecule has 5 rings (SSSR count). The van der Waals surface area contributed by atoms with E-state index in [1.807, 2.05) is 36.7 Å². The van der Waals surface area contributed by atoms with Crippen LogP contribution in [0.15, 0.2) is 60.9 Å². The molecule has 34 heavy (non-hydrogen) atoms. The van der Waals surface area contributed by atoms with Crippen LogP contribution in [0.2, 0.25) is 0 Å². The van der Waals surface area contributed by atoms with E-state index >= 15 is 0 Å². The van der Waals surface area contributed by atoms with Crippen LogP contribution in [0.25, 0.3) is 33.0 Å². The molecular weight excluding hydrogens is 420 g/mol. The third kappa shape index (κ3) is 4.15. The lowest BCUT2D eigenvalue weighted by Gasteiger charge is -2.25. The fourth-order valence-electron chi connectivity index (χ4n) is 4.90. The molecule has 1 aliphatic rings. The summed E-state index contributed by atoms with van der Waals surface area (Å²) in [6, 6.07) is 16.9. The number of nitrogens with zero attached hydrogens (tertiary/aromatic N) is 6. The molecule has 4 aromatic rings. The molecule has 0 aliphatic carbocycles. The number of benzene rings is 2. The van der Waals surface area contributed by atoms with Gasteiger partial charge in [0, 0.05) is 37.6 Å². The SMILES string of the molecule is [C-]#[N+]c1ccc(-c2nc(N(C)CCC3CCCN3C)c3nccn3c2-c2ccc(C)cc2)cc1. The number of aryl methyl sites for hydroxylation is 1. The number of hydrogen-bond donors (Lipinski definition) is 0. The van der Waals surface area contributed by atoms with Crippen LogP contribution >= 0.6 is 0 Å². The van der Waals surface area contributed by atoms with Gasteiger partial charge >= 0.3 is 0 Å². The average Bonchev–Trinajstić information content (AvgIpc) is 3.51. The minimum Gasteiger partial charge on any atom is -0.357 e. The third-order valence-corrected chi connectivity index (χ3v) is 6.95. The van der Waals surface area contributed by atoms with E-state index in [0.29, 0.717) is 11.7 Å². The van der Waals surface area contributed by atoms with Gasteiger partial charge in [-0.05, 0) is 45.3 Å². The molecule has 0 bridgehead atoms. The third-order valence-electron chi connectivity index (χ3n) is 6.95. The van der Waals surface area contributed by atoms with Crippen molar-refractivity contribution in [2.75, 3.05) is 32.1 Å². The Balaban J connectivity index is 1.62. The van der Waals surface area contributed by atoms with E-state index in [1.165, 1.54) is 24.9 Å². The molecule has 1 fully saturated rings. The van der Waals surface area contributed by atoms with E-state index in [0.717, 1.165) is 46.9 Å². The number of anilines is 1. The zero-order valence-corrected chi connectivity index (χ0v) is 20.1. The van der Waals surface area contributed by atoms with Crippen molar-refractivity contribution in [3.63, 3.8) is 0 Å². The first-order valence-electron chi connectivity index (χ1n) is 11.9. The summed E-state index contributed by atoms with van der Waals surface area (Å²) in [6.45, 7) is 11.5. The summed E-state index contributed by atoms with van der Waals surface area (Å²) in [4.78, 5) is 18.2. The van der Waals surface area contributed by atoms with E-state index < -0.39 is 0 Å². The van der Waals surface area contributed by atoms with Crippen molar-refractivity contribution in [3.8, 4) is 22.5 Å². The van der Waals surface area contributed by atoms with Crippen LogP contribution in [0.4, 0.5) is 11.5 Å². The molecule has 2 aromatic carbocycles. The smallest absolute Gasteiger partial charge is 0.187 e. The van der Waals surface area contributed by atoms with Gasteiger partial charge in [0.05, 0.1) is 18.0 Å². The predicted octanol–water partition coefficient (Wildman–Crippen LogP) is 5.84. The average molecular weight is 451 g/mol. The Hall–Kier alpha value is -3.69. The number of hydrogen-bond acceptors (Lipinski definition) is 4. The van der Waals surface area contributed by atoms with E-state index in [4.69, 9.17) is 16.5 Å². The van der Waals surface area contributed by atoms with Crippen molar-refractivity contribution in [3.05, 3.63) is 77.9 Å². The molecule has 0 N–H and O–H groups in total. The summed E-state index contributed by atoms with van der Waals surface area (Å²) in [7, 11) is 4.34. The molecule has 0 radical (unpaired) electrons. The Morgan fingerprint density at radius 1 is 1.09 bits per heavy atom. The van der Waals surface area contributed by atoms with Crippen LogP contribution in [0, 0.1) is 13.5 Å². The van der Waals surface area contributed by atoms with Crippen LogP contribution in [0.5, 0.6) is 0 Å². The lowest BCUT2D eigenvalue weighted by Crippen LogP contribution is -2.30. The van der Waals surface area contributed by atoms with Crippen LogP contribution in [-0.4, -0.2) is 52.5 Å². The molecule has 1 atom stereocenters. The molecule has 6 heteroatoms. The number of imidazole rings is 1. The van der Waals surface area contributed by atoms with Crippen molar-refractivity contribution in [1.29, 1.82) is 0 Å². The molecule has 1 unspecified atom stereocenters. The first-order valence-corrected chi connectivity index (χ1v) is 11.9. The highest BCUT2D eigenvalue weighted by Crippen LogP contribution is 2.35. The van der Waals surface area contributed by atoms with E-state index in [-0.39, 0.29) is 0 Å². The van der Waals surface area contributed by atoms with Gasteiger partial charge in [-0.2, -0.15) is 0 Å². The maximum atomic E-state index is 7.31. The molecule has 172 valence electrons. The molecule has 0 saturated carbocycles. The molecule has 0 amide bonds. The van der Waals surface area contributed by atoms with Crippen LogP contribution in [0.3, 0.4) is 0 Å². The predicted molar refractivity (Wildman–Crippen MR) is 138 cm³/mol. The minimum atomic E-state index is 0.627. The van der Waals surface area contributed by atoms with Crippen LogP contribution in [0.1, 0.15) is 24.8 Å². The van der Waals surface area contributed by atoms with Crippen molar-refractivity contribution >= 4 is 17.2 Å². The second kappa shape index (κ2) is 9.28. The Morgan fingerprint density at radius 3 is 2.50 bits per heavy atom. The fraction of sp³-hybridized carbons (Fsp3) is 0.321. The number of aromatic nitrogens is 3. The molecular formula is C28H30N6. The van der Waals surface area contributed by atoms with Crippen molar-refractivity contribution < 1.29 is 0 Å². The molecule has 2 aromatic heterocycles.